The largest absolute Gasteiger partial charge is 0.461 e. The molecule has 0 atom stereocenters. The number of hydrogen-bond donors (Lipinski definition) is 2. The summed E-state index contributed by atoms with van der Waals surface area (Å²) in [5, 5.41) is 14.0. The molecule has 0 bridgehead atoms. The Hall–Kier alpha value is -2.23. The van der Waals surface area contributed by atoms with Gasteiger partial charge < -0.3 is 14.7 Å². The fourth-order valence-corrected chi connectivity index (χ4v) is 1.56. The molecule has 9 nitrogen and oxygen atoms in total. The van der Waals surface area contributed by atoms with E-state index in [0.29, 0.717) is 0 Å². The monoisotopic (exact) mass is 288 g/mol. The first-order valence-electron chi connectivity index (χ1n) is 5.29. The summed E-state index contributed by atoms with van der Waals surface area (Å²) >= 11 is 0.810. The van der Waals surface area contributed by atoms with Crippen molar-refractivity contribution in [3.8, 4) is 0 Å². The Bertz CT molecular complexity index is 487. The van der Waals surface area contributed by atoms with E-state index in [4.69, 9.17) is 5.21 Å². The van der Waals surface area contributed by atoms with Crippen molar-refractivity contribution in [3.63, 3.8) is 0 Å². The maximum atomic E-state index is 11.4. The lowest BCUT2D eigenvalue weighted by atomic mass is 10.3. The van der Waals surface area contributed by atoms with E-state index in [1.807, 2.05) is 0 Å². The molecule has 0 unspecified atom stereocenters. The normalized spacial score (nSPS) is 10.9. The Kier molecular flexibility index (Phi) is 5.67. The number of carbonyl (C=O) groups is 2. The summed E-state index contributed by atoms with van der Waals surface area (Å²) in [6.45, 7) is 3.59. The number of anilines is 1. The van der Waals surface area contributed by atoms with Crippen LogP contribution in [0.5, 0.6) is 0 Å². The van der Waals surface area contributed by atoms with Crippen LogP contribution in [0.15, 0.2) is 5.16 Å². The topological polar surface area (TPSA) is 123 Å². The van der Waals surface area contributed by atoms with Gasteiger partial charge in [0.25, 0.3) is 0 Å². The van der Waals surface area contributed by atoms with E-state index in [9.17, 15) is 9.59 Å². The second kappa shape index (κ2) is 7.26. The molecule has 0 aliphatic heterocycles. The Morgan fingerprint density at radius 3 is 2.63 bits per heavy atom. The predicted molar refractivity (Wildman–Crippen MR) is 65.5 cm³/mol. The number of esters is 1. The number of carbonyl (C=O) groups excluding carboxylic acids is 2. The molecule has 1 amide bonds. The minimum Gasteiger partial charge on any atom is -0.461 e. The molecule has 1 heterocycles. The minimum atomic E-state index is -0.856. The summed E-state index contributed by atoms with van der Waals surface area (Å²) in [5.41, 5.74) is -0.435. The van der Waals surface area contributed by atoms with Gasteiger partial charge >= 0.3 is 12.1 Å². The maximum Gasteiger partial charge on any atom is 0.413 e. The summed E-state index contributed by atoms with van der Waals surface area (Å²) < 4.78 is 13.1. The molecule has 0 aliphatic rings. The van der Waals surface area contributed by atoms with Gasteiger partial charge in [-0.15, -0.1) is 0 Å². The second-order valence-electron chi connectivity index (χ2n) is 2.94. The molecular formula is C9H12N4O5S. The SMILES string of the molecule is CCOC(=O)Nc1nc(C(=NO)C(=O)OCC)ns1. The smallest absolute Gasteiger partial charge is 0.413 e. The maximum absolute atomic E-state index is 11.4. The third-order valence-corrected chi connectivity index (χ3v) is 2.32. The third kappa shape index (κ3) is 4.17. The highest BCUT2D eigenvalue weighted by Gasteiger charge is 2.21. The second-order valence-corrected chi connectivity index (χ2v) is 3.69. The Morgan fingerprint density at radius 1 is 1.37 bits per heavy atom. The highest BCUT2D eigenvalue weighted by Crippen LogP contribution is 2.12. The van der Waals surface area contributed by atoms with Gasteiger partial charge in [-0.2, -0.15) is 9.36 Å². The molecule has 0 saturated heterocycles. The van der Waals surface area contributed by atoms with E-state index >= 15 is 0 Å². The highest BCUT2D eigenvalue weighted by atomic mass is 32.1. The third-order valence-electron chi connectivity index (χ3n) is 1.69. The molecule has 1 aromatic heterocycles. The van der Waals surface area contributed by atoms with Gasteiger partial charge in [0.15, 0.2) is 0 Å². The van der Waals surface area contributed by atoms with Gasteiger partial charge in [0.1, 0.15) is 0 Å². The van der Waals surface area contributed by atoms with Crippen molar-refractivity contribution in [2.45, 2.75) is 13.8 Å². The first-order chi connectivity index (χ1) is 9.12. The van der Waals surface area contributed by atoms with Crippen LogP contribution in [0.25, 0.3) is 0 Å². The van der Waals surface area contributed by atoms with Gasteiger partial charge in [-0.3, -0.25) is 5.32 Å². The number of hydrogen-bond acceptors (Lipinski definition) is 9. The van der Waals surface area contributed by atoms with E-state index in [0.717, 1.165) is 11.5 Å². The summed E-state index contributed by atoms with van der Waals surface area (Å²) in [6, 6.07) is 0. The van der Waals surface area contributed by atoms with Crippen molar-refractivity contribution in [2.75, 3.05) is 18.5 Å². The Balaban J connectivity index is 2.77. The highest BCUT2D eigenvalue weighted by molar-refractivity contribution is 7.10. The van der Waals surface area contributed by atoms with Crippen LogP contribution in [-0.4, -0.2) is 45.6 Å². The molecule has 19 heavy (non-hydrogen) atoms. The number of aromatic nitrogens is 2. The number of rotatable bonds is 5. The van der Waals surface area contributed by atoms with Crippen molar-refractivity contribution in [1.29, 1.82) is 0 Å². The molecule has 0 fully saturated rings. The molecule has 10 heteroatoms. The van der Waals surface area contributed by atoms with Crippen molar-refractivity contribution in [1.82, 2.24) is 9.36 Å². The van der Waals surface area contributed by atoms with Crippen LogP contribution in [0.4, 0.5) is 9.93 Å². The number of oxime groups is 1. The molecule has 0 saturated carbocycles. The van der Waals surface area contributed by atoms with E-state index < -0.39 is 17.8 Å². The van der Waals surface area contributed by atoms with Crippen LogP contribution >= 0.6 is 11.5 Å². The number of amides is 1. The fraction of sp³-hybridized carbons (Fsp3) is 0.444. The van der Waals surface area contributed by atoms with Crippen LogP contribution in [0, 0.1) is 0 Å². The first-order valence-corrected chi connectivity index (χ1v) is 6.06. The van der Waals surface area contributed by atoms with E-state index in [1.54, 1.807) is 13.8 Å². The fourth-order valence-electron chi connectivity index (χ4n) is 1.00. The average Bonchev–Trinajstić information content (AvgIpc) is 2.79. The number of nitrogens with zero attached hydrogens (tertiary/aromatic N) is 3. The Labute approximate surface area is 112 Å². The van der Waals surface area contributed by atoms with Crippen molar-refractivity contribution >= 4 is 34.4 Å². The number of ether oxygens (including phenoxy) is 2. The minimum absolute atomic E-state index is 0.110. The molecule has 0 spiro atoms. The van der Waals surface area contributed by atoms with E-state index in [-0.39, 0.29) is 24.2 Å². The molecule has 0 radical (unpaired) electrons. The first kappa shape index (κ1) is 14.8. The molecule has 104 valence electrons. The van der Waals surface area contributed by atoms with E-state index in [1.165, 1.54) is 0 Å². The molecular weight excluding hydrogens is 276 g/mol. The van der Waals surface area contributed by atoms with Crippen molar-refractivity contribution in [2.24, 2.45) is 5.16 Å². The average molecular weight is 288 g/mol. The summed E-state index contributed by atoms with van der Waals surface area (Å²) in [4.78, 5) is 26.4. The summed E-state index contributed by atoms with van der Waals surface area (Å²) in [6.07, 6.45) is -0.691. The van der Waals surface area contributed by atoms with Crippen molar-refractivity contribution < 1.29 is 24.3 Å². The van der Waals surface area contributed by atoms with Crippen LogP contribution in [0.3, 0.4) is 0 Å². The zero-order chi connectivity index (χ0) is 14.3. The van der Waals surface area contributed by atoms with E-state index in [2.05, 4.69) is 29.3 Å². The predicted octanol–water partition coefficient (Wildman–Crippen LogP) is 0.848. The lowest BCUT2D eigenvalue weighted by molar-refractivity contribution is -0.135. The summed E-state index contributed by atoms with van der Waals surface area (Å²) in [7, 11) is 0. The van der Waals surface area contributed by atoms with Gasteiger partial charge in [0, 0.05) is 11.5 Å². The van der Waals surface area contributed by atoms with Gasteiger partial charge in [0.2, 0.25) is 16.7 Å². The Morgan fingerprint density at radius 2 is 2.05 bits per heavy atom. The molecule has 0 aliphatic carbocycles. The molecule has 2 N–H and O–H groups in total. The summed E-state index contributed by atoms with van der Waals surface area (Å²) in [5.74, 6) is -0.997. The molecule has 1 aromatic rings. The molecule has 0 aromatic carbocycles. The number of nitrogens with one attached hydrogen (secondary N) is 1. The molecule has 1 rings (SSSR count). The van der Waals surface area contributed by atoms with Crippen LogP contribution in [-0.2, 0) is 14.3 Å². The van der Waals surface area contributed by atoms with Gasteiger partial charge in [0.05, 0.1) is 13.2 Å². The zero-order valence-corrected chi connectivity index (χ0v) is 11.1. The van der Waals surface area contributed by atoms with Gasteiger partial charge in [-0.05, 0) is 13.8 Å². The van der Waals surface area contributed by atoms with Crippen LogP contribution in [0.2, 0.25) is 0 Å². The van der Waals surface area contributed by atoms with Crippen molar-refractivity contribution in [3.05, 3.63) is 5.82 Å². The lowest BCUT2D eigenvalue weighted by Gasteiger charge is -2.00. The quantitative estimate of drug-likeness (QED) is 0.356. The van der Waals surface area contributed by atoms with Gasteiger partial charge in [-0.1, -0.05) is 5.16 Å². The lowest BCUT2D eigenvalue weighted by Crippen LogP contribution is -2.20. The van der Waals surface area contributed by atoms with Gasteiger partial charge in [-0.25, -0.2) is 9.59 Å². The van der Waals surface area contributed by atoms with Crippen LogP contribution < -0.4 is 5.32 Å². The van der Waals surface area contributed by atoms with Crippen LogP contribution in [0.1, 0.15) is 19.7 Å². The standard InChI is InChI=1S/C9H12N4O5S/c1-3-17-7(14)5(12-16)6-10-8(19-13-6)11-9(15)18-4-2/h16H,3-4H2,1-2H3,(H,10,11,13,15). The zero-order valence-electron chi connectivity index (χ0n) is 10.2.